The number of rotatable bonds is 2. The van der Waals surface area contributed by atoms with E-state index >= 15 is 0 Å². The molecule has 5 heteroatoms. The molecule has 4 nitrogen and oxygen atoms in total. The smallest absolute Gasteiger partial charge is 0.199 e. The average Bonchev–Trinajstić information content (AvgIpc) is 2.19. The van der Waals surface area contributed by atoms with Gasteiger partial charge in [0.15, 0.2) is 5.11 Å². The molecule has 0 aromatic heterocycles. The van der Waals surface area contributed by atoms with E-state index in [9.17, 15) is 0 Å². The summed E-state index contributed by atoms with van der Waals surface area (Å²) in [5.41, 5.74) is 6.23. The predicted octanol–water partition coefficient (Wildman–Crippen LogP) is 0.376. The lowest BCUT2D eigenvalue weighted by atomic mass is 10.3. The number of thiocarbonyl (C=S) groups is 1. The first kappa shape index (κ1) is 9.76. The van der Waals surface area contributed by atoms with Crippen LogP contribution in [0.3, 0.4) is 0 Å². The Morgan fingerprint density at radius 1 is 1.38 bits per heavy atom. The van der Waals surface area contributed by atoms with Crippen molar-refractivity contribution < 1.29 is 0 Å². The second-order valence-electron chi connectivity index (χ2n) is 2.48. The molecule has 0 amide bonds. The summed E-state index contributed by atoms with van der Waals surface area (Å²) in [5, 5.41) is 2.16. The molecule has 0 saturated carbocycles. The molecule has 0 radical (unpaired) electrons. The van der Waals surface area contributed by atoms with Gasteiger partial charge in [-0.15, -0.1) is 0 Å². The van der Waals surface area contributed by atoms with Crippen LogP contribution in [0.1, 0.15) is 0 Å². The molecule has 0 aliphatic heterocycles. The van der Waals surface area contributed by atoms with Crippen LogP contribution in [0.2, 0.25) is 0 Å². The maximum Gasteiger partial charge on any atom is 0.199 e. The van der Waals surface area contributed by atoms with Crippen LogP contribution in [0.4, 0.5) is 5.69 Å². The molecule has 0 aliphatic carbocycles. The molecule has 0 unspecified atom stereocenters. The summed E-state index contributed by atoms with van der Waals surface area (Å²) in [6, 6.07) is 9.79. The van der Waals surface area contributed by atoms with E-state index < -0.39 is 0 Å². The number of hydrogen-bond acceptors (Lipinski definition) is 3. The minimum atomic E-state index is 0.381. The van der Waals surface area contributed by atoms with Crippen LogP contribution in [-0.4, -0.2) is 12.2 Å². The van der Waals surface area contributed by atoms with Gasteiger partial charge in [0.1, 0.15) is 0 Å². The second kappa shape index (κ2) is 4.64. The van der Waals surface area contributed by atoms with Crippen molar-refractivity contribution in [2.75, 3.05) is 12.1 Å². The number of para-hydroxylation sites is 1. The van der Waals surface area contributed by atoms with Gasteiger partial charge in [0, 0.05) is 7.05 Å². The van der Waals surface area contributed by atoms with Crippen molar-refractivity contribution in [1.82, 2.24) is 10.9 Å². The minimum Gasteiger partial charge on any atom is -0.300 e. The maximum absolute atomic E-state index is 5.12. The molecule has 4 N–H and O–H groups in total. The van der Waals surface area contributed by atoms with Crippen LogP contribution in [0, 0.1) is 0 Å². The highest BCUT2D eigenvalue weighted by atomic mass is 32.1. The highest BCUT2D eigenvalue weighted by Gasteiger charge is 1.99. The Bertz CT molecular complexity index is 275. The van der Waals surface area contributed by atoms with Crippen molar-refractivity contribution in [3.8, 4) is 0 Å². The predicted molar refractivity (Wildman–Crippen MR) is 57.9 cm³/mol. The first-order valence-electron chi connectivity index (χ1n) is 3.80. The summed E-state index contributed by atoms with van der Waals surface area (Å²) in [5.74, 6) is 5.12. The SMILES string of the molecule is CN(NC(=S)NN)c1ccccc1. The quantitative estimate of drug-likeness (QED) is 0.362. The first-order valence-corrected chi connectivity index (χ1v) is 4.21. The van der Waals surface area contributed by atoms with E-state index in [1.54, 1.807) is 5.01 Å². The molecular weight excluding hydrogens is 184 g/mol. The topological polar surface area (TPSA) is 53.3 Å². The lowest BCUT2D eigenvalue weighted by molar-refractivity contribution is 0.842. The third-order valence-corrected chi connectivity index (χ3v) is 1.75. The van der Waals surface area contributed by atoms with Crippen molar-refractivity contribution in [1.29, 1.82) is 0 Å². The summed E-state index contributed by atoms with van der Waals surface area (Å²) >= 11 is 4.84. The standard InChI is InChI=1S/C8H12N4S/c1-12(11-8(13)10-9)7-5-3-2-4-6-7/h2-6H,9H2,1H3,(H2,10,11,13). The Kier molecular flexibility index (Phi) is 3.48. The largest absolute Gasteiger partial charge is 0.300 e. The Balaban J connectivity index is 2.59. The van der Waals surface area contributed by atoms with E-state index in [0.717, 1.165) is 5.69 Å². The van der Waals surface area contributed by atoms with E-state index in [4.69, 9.17) is 18.1 Å². The van der Waals surface area contributed by atoms with Gasteiger partial charge >= 0.3 is 0 Å². The average molecular weight is 196 g/mol. The monoisotopic (exact) mass is 196 g/mol. The number of benzene rings is 1. The Morgan fingerprint density at radius 2 is 2.00 bits per heavy atom. The van der Waals surface area contributed by atoms with Gasteiger partial charge in [-0.05, 0) is 24.4 Å². The highest BCUT2D eigenvalue weighted by Crippen LogP contribution is 2.07. The van der Waals surface area contributed by atoms with Crippen LogP contribution in [0.5, 0.6) is 0 Å². The fourth-order valence-electron chi connectivity index (χ4n) is 0.901. The number of hydrazine groups is 2. The molecule has 1 aromatic carbocycles. The van der Waals surface area contributed by atoms with Crippen LogP contribution >= 0.6 is 12.2 Å². The molecule has 13 heavy (non-hydrogen) atoms. The van der Waals surface area contributed by atoms with Gasteiger partial charge in [0.25, 0.3) is 0 Å². The summed E-state index contributed by atoms with van der Waals surface area (Å²) < 4.78 is 0. The van der Waals surface area contributed by atoms with Crippen molar-refractivity contribution in [3.63, 3.8) is 0 Å². The van der Waals surface area contributed by atoms with E-state index in [1.807, 2.05) is 37.4 Å². The van der Waals surface area contributed by atoms with Gasteiger partial charge in [0.05, 0.1) is 5.69 Å². The summed E-state index contributed by atoms with van der Waals surface area (Å²) in [6.07, 6.45) is 0. The van der Waals surface area contributed by atoms with Gasteiger partial charge in [-0.3, -0.25) is 15.9 Å². The zero-order valence-electron chi connectivity index (χ0n) is 7.32. The number of hydrogen-bond donors (Lipinski definition) is 3. The molecule has 0 fully saturated rings. The third kappa shape index (κ3) is 2.89. The molecule has 70 valence electrons. The second-order valence-corrected chi connectivity index (χ2v) is 2.89. The van der Waals surface area contributed by atoms with Crippen molar-refractivity contribution >= 4 is 23.0 Å². The van der Waals surface area contributed by atoms with Gasteiger partial charge in [-0.1, -0.05) is 18.2 Å². The lowest BCUT2D eigenvalue weighted by Gasteiger charge is -2.21. The Morgan fingerprint density at radius 3 is 2.54 bits per heavy atom. The fourth-order valence-corrected chi connectivity index (χ4v) is 1.04. The number of anilines is 1. The number of nitrogens with zero attached hydrogens (tertiary/aromatic N) is 1. The molecule has 0 spiro atoms. The molecule has 0 atom stereocenters. The first-order chi connectivity index (χ1) is 6.24. The summed E-state index contributed by atoms with van der Waals surface area (Å²) in [4.78, 5) is 0. The minimum absolute atomic E-state index is 0.381. The van der Waals surface area contributed by atoms with Crippen LogP contribution < -0.4 is 21.7 Å². The molecule has 1 rings (SSSR count). The van der Waals surface area contributed by atoms with E-state index in [0.29, 0.717) is 5.11 Å². The Labute approximate surface area is 82.7 Å². The number of nitrogens with one attached hydrogen (secondary N) is 2. The van der Waals surface area contributed by atoms with Crippen molar-refractivity contribution in [3.05, 3.63) is 30.3 Å². The van der Waals surface area contributed by atoms with E-state index in [-0.39, 0.29) is 0 Å². The van der Waals surface area contributed by atoms with E-state index in [2.05, 4.69) is 10.9 Å². The van der Waals surface area contributed by atoms with Crippen molar-refractivity contribution in [2.24, 2.45) is 5.84 Å². The third-order valence-electron chi connectivity index (χ3n) is 1.54. The zero-order valence-corrected chi connectivity index (χ0v) is 8.14. The van der Waals surface area contributed by atoms with Crippen LogP contribution in [0.15, 0.2) is 30.3 Å². The fraction of sp³-hybridized carbons (Fsp3) is 0.125. The van der Waals surface area contributed by atoms with Gasteiger partial charge in [-0.25, -0.2) is 5.84 Å². The number of nitrogens with two attached hydrogens (primary N) is 1. The van der Waals surface area contributed by atoms with E-state index in [1.165, 1.54) is 0 Å². The molecule has 0 bridgehead atoms. The molecule has 0 aliphatic rings. The molecular formula is C8H12N4S. The van der Waals surface area contributed by atoms with Gasteiger partial charge in [-0.2, -0.15) is 0 Å². The summed E-state index contributed by atoms with van der Waals surface area (Å²) in [7, 11) is 1.86. The van der Waals surface area contributed by atoms with Crippen LogP contribution in [-0.2, 0) is 0 Å². The lowest BCUT2D eigenvalue weighted by Crippen LogP contribution is -2.47. The molecule has 0 heterocycles. The summed E-state index contributed by atoms with van der Waals surface area (Å²) in [6.45, 7) is 0. The maximum atomic E-state index is 5.12. The normalized spacial score (nSPS) is 9.08. The molecule has 0 saturated heterocycles. The highest BCUT2D eigenvalue weighted by molar-refractivity contribution is 7.80. The van der Waals surface area contributed by atoms with Gasteiger partial charge < -0.3 is 0 Å². The zero-order chi connectivity index (χ0) is 9.68. The van der Waals surface area contributed by atoms with Crippen molar-refractivity contribution in [2.45, 2.75) is 0 Å². The molecule has 1 aromatic rings. The van der Waals surface area contributed by atoms with Crippen LogP contribution in [0.25, 0.3) is 0 Å². The Hall–Kier alpha value is -1.33. The van der Waals surface area contributed by atoms with Gasteiger partial charge in [0.2, 0.25) is 0 Å².